The molecule has 0 saturated carbocycles. The molecule has 0 atom stereocenters. The van der Waals surface area contributed by atoms with Gasteiger partial charge in [-0.05, 0) is 23.8 Å². The molecule has 0 aliphatic rings. The number of benzene rings is 2. The summed E-state index contributed by atoms with van der Waals surface area (Å²) >= 11 is 5.91. The van der Waals surface area contributed by atoms with Crippen LogP contribution in [0.3, 0.4) is 0 Å². The van der Waals surface area contributed by atoms with E-state index in [4.69, 9.17) is 11.6 Å². The van der Waals surface area contributed by atoms with Gasteiger partial charge in [-0.15, -0.1) is 0 Å². The Bertz CT molecular complexity index is 790. The second kappa shape index (κ2) is 7.56. The number of nitro benzene ring substituents is 1. The van der Waals surface area contributed by atoms with Crippen LogP contribution in [0.25, 0.3) is 0 Å². The minimum Gasteiger partial charge on any atom is -0.465 e. The van der Waals surface area contributed by atoms with Crippen LogP contribution in [0, 0.1) is 10.1 Å². The Hall–Kier alpha value is -2.93. The van der Waals surface area contributed by atoms with Crippen LogP contribution in [0.1, 0.15) is 26.3 Å². The summed E-state index contributed by atoms with van der Waals surface area (Å²) in [7, 11) is 1.29. The highest BCUT2D eigenvalue weighted by molar-refractivity contribution is 6.33. The van der Waals surface area contributed by atoms with Crippen molar-refractivity contribution < 1.29 is 19.2 Å². The lowest BCUT2D eigenvalue weighted by atomic mass is 10.1. The summed E-state index contributed by atoms with van der Waals surface area (Å²) in [5, 5.41) is 13.5. The molecule has 0 spiro atoms. The predicted molar refractivity (Wildman–Crippen MR) is 87.1 cm³/mol. The first kappa shape index (κ1) is 17.4. The van der Waals surface area contributed by atoms with Crippen LogP contribution < -0.4 is 5.32 Å². The molecule has 1 amide bonds. The standard InChI is InChI=1S/C16H13ClN2O5/c1-24-16(21)11-4-2-10(3-5-11)9-18-15(20)13-8-12(19(22)23)6-7-14(13)17/h2-8H,9H2,1H3,(H,18,20). The van der Waals surface area contributed by atoms with Crippen molar-refractivity contribution in [3.8, 4) is 0 Å². The molecule has 0 bridgehead atoms. The number of carbonyl (C=O) groups excluding carboxylic acids is 2. The Kier molecular flexibility index (Phi) is 5.49. The number of amides is 1. The van der Waals surface area contributed by atoms with Crippen LogP contribution in [0.2, 0.25) is 5.02 Å². The van der Waals surface area contributed by atoms with Gasteiger partial charge in [-0.3, -0.25) is 14.9 Å². The van der Waals surface area contributed by atoms with Crippen molar-refractivity contribution >= 4 is 29.2 Å². The molecule has 24 heavy (non-hydrogen) atoms. The fourth-order valence-electron chi connectivity index (χ4n) is 1.95. The maximum absolute atomic E-state index is 12.1. The molecule has 0 fully saturated rings. The molecule has 0 unspecified atom stereocenters. The lowest BCUT2D eigenvalue weighted by molar-refractivity contribution is -0.384. The normalized spacial score (nSPS) is 10.1. The molecule has 0 aliphatic heterocycles. The topological polar surface area (TPSA) is 98.5 Å². The molecular weight excluding hydrogens is 336 g/mol. The number of carbonyl (C=O) groups is 2. The van der Waals surface area contributed by atoms with E-state index < -0.39 is 16.8 Å². The molecule has 2 aromatic rings. The number of nitrogens with one attached hydrogen (secondary N) is 1. The average Bonchev–Trinajstić information content (AvgIpc) is 2.59. The minimum atomic E-state index is -0.599. The minimum absolute atomic E-state index is 0.0250. The van der Waals surface area contributed by atoms with Gasteiger partial charge < -0.3 is 10.1 Å². The van der Waals surface area contributed by atoms with E-state index in [1.165, 1.54) is 19.2 Å². The highest BCUT2D eigenvalue weighted by Crippen LogP contribution is 2.22. The average molecular weight is 349 g/mol. The molecule has 2 aromatic carbocycles. The molecule has 2 rings (SSSR count). The fraction of sp³-hybridized carbons (Fsp3) is 0.125. The van der Waals surface area contributed by atoms with Crippen LogP contribution in [-0.2, 0) is 11.3 Å². The Morgan fingerprint density at radius 2 is 1.88 bits per heavy atom. The fourth-order valence-corrected chi connectivity index (χ4v) is 2.16. The highest BCUT2D eigenvalue weighted by atomic mass is 35.5. The van der Waals surface area contributed by atoms with E-state index in [2.05, 4.69) is 10.1 Å². The zero-order valence-electron chi connectivity index (χ0n) is 12.6. The van der Waals surface area contributed by atoms with Gasteiger partial charge in [-0.1, -0.05) is 23.7 Å². The Balaban J connectivity index is 2.07. The molecule has 0 aromatic heterocycles. The maximum Gasteiger partial charge on any atom is 0.337 e. The SMILES string of the molecule is COC(=O)c1ccc(CNC(=O)c2cc([N+](=O)[O-])ccc2Cl)cc1. The van der Waals surface area contributed by atoms with E-state index in [9.17, 15) is 19.7 Å². The van der Waals surface area contributed by atoms with E-state index >= 15 is 0 Å². The molecular formula is C16H13ClN2O5. The van der Waals surface area contributed by atoms with Crippen molar-refractivity contribution in [3.63, 3.8) is 0 Å². The smallest absolute Gasteiger partial charge is 0.337 e. The van der Waals surface area contributed by atoms with Crippen LogP contribution in [0.5, 0.6) is 0 Å². The summed E-state index contributed by atoms with van der Waals surface area (Å²) < 4.78 is 4.60. The van der Waals surface area contributed by atoms with Crippen LogP contribution in [-0.4, -0.2) is 23.9 Å². The van der Waals surface area contributed by atoms with Crippen molar-refractivity contribution in [3.05, 3.63) is 74.3 Å². The number of ether oxygens (including phenoxy) is 1. The first-order chi connectivity index (χ1) is 11.4. The summed E-state index contributed by atoms with van der Waals surface area (Å²) in [6.45, 7) is 0.180. The highest BCUT2D eigenvalue weighted by Gasteiger charge is 2.15. The molecule has 0 saturated heterocycles. The number of rotatable bonds is 5. The van der Waals surface area contributed by atoms with E-state index in [0.717, 1.165) is 11.6 Å². The third-order valence-electron chi connectivity index (χ3n) is 3.23. The number of esters is 1. The molecule has 0 aliphatic carbocycles. The predicted octanol–water partition coefficient (Wildman–Crippen LogP) is 2.96. The first-order valence-corrected chi connectivity index (χ1v) is 7.19. The quantitative estimate of drug-likeness (QED) is 0.509. The Morgan fingerprint density at radius 3 is 2.46 bits per heavy atom. The zero-order valence-corrected chi connectivity index (χ0v) is 13.4. The van der Waals surface area contributed by atoms with Crippen molar-refractivity contribution in [1.82, 2.24) is 5.32 Å². The van der Waals surface area contributed by atoms with E-state index in [0.29, 0.717) is 5.56 Å². The number of non-ortho nitro benzene ring substituents is 1. The van der Waals surface area contributed by atoms with E-state index in [1.807, 2.05) is 0 Å². The van der Waals surface area contributed by atoms with Gasteiger partial charge >= 0.3 is 5.97 Å². The summed E-state index contributed by atoms with van der Waals surface area (Å²) in [4.78, 5) is 33.7. The monoisotopic (exact) mass is 348 g/mol. The maximum atomic E-state index is 12.1. The zero-order chi connectivity index (χ0) is 17.7. The summed E-state index contributed by atoms with van der Waals surface area (Å²) in [5.74, 6) is -0.977. The third kappa shape index (κ3) is 4.08. The lowest BCUT2D eigenvalue weighted by Crippen LogP contribution is -2.23. The van der Waals surface area contributed by atoms with Crippen LogP contribution in [0.4, 0.5) is 5.69 Å². The molecule has 8 heteroatoms. The van der Waals surface area contributed by atoms with Crippen molar-refractivity contribution in [1.29, 1.82) is 0 Å². The second-order valence-corrected chi connectivity index (χ2v) is 5.20. The summed E-state index contributed by atoms with van der Waals surface area (Å²) in [6.07, 6.45) is 0. The van der Waals surface area contributed by atoms with Gasteiger partial charge in [0, 0.05) is 18.7 Å². The number of nitro groups is 1. The van der Waals surface area contributed by atoms with Crippen LogP contribution >= 0.6 is 11.6 Å². The number of hydrogen-bond acceptors (Lipinski definition) is 5. The van der Waals surface area contributed by atoms with Gasteiger partial charge in [0.15, 0.2) is 0 Å². The molecule has 7 nitrogen and oxygen atoms in total. The van der Waals surface area contributed by atoms with Gasteiger partial charge in [-0.25, -0.2) is 4.79 Å². The van der Waals surface area contributed by atoms with Crippen molar-refractivity contribution in [2.75, 3.05) is 7.11 Å². The van der Waals surface area contributed by atoms with Gasteiger partial charge in [0.1, 0.15) is 0 Å². The molecule has 0 heterocycles. The largest absolute Gasteiger partial charge is 0.465 e. The van der Waals surface area contributed by atoms with Gasteiger partial charge in [0.25, 0.3) is 11.6 Å². The second-order valence-electron chi connectivity index (χ2n) is 4.79. The molecule has 1 N–H and O–H groups in total. The summed E-state index contributed by atoms with van der Waals surface area (Å²) in [5.41, 5.74) is 0.955. The van der Waals surface area contributed by atoms with Gasteiger partial charge in [0.2, 0.25) is 0 Å². The van der Waals surface area contributed by atoms with Gasteiger partial charge in [-0.2, -0.15) is 0 Å². The van der Waals surface area contributed by atoms with Crippen LogP contribution in [0.15, 0.2) is 42.5 Å². The first-order valence-electron chi connectivity index (χ1n) is 6.81. The molecule has 0 radical (unpaired) electrons. The number of nitrogens with zero attached hydrogens (tertiary/aromatic N) is 1. The lowest BCUT2D eigenvalue weighted by Gasteiger charge is -2.07. The van der Waals surface area contributed by atoms with Crippen molar-refractivity contribution in [2.45, 2.75) is 6.54 Å². The Labute approximate surface area is 142 Å². The summed E-state index contributed by atoms with van der Waals surface area (Å²) in [6, 6.07) is 10.1. The van der Waals surface area contributed by atoms with E-state index in [1.54, 1.807) is 24.3 Å². The third-order valence-corrected chi connectivity index (χ3v) is 3.56. The Morgan fingerprint density at radius 1 is 1.21 bits per heavy atom. The number of methoxy groups -OCH3 is 1. The number of hydrogen-bond donors (Lipinski definition) is 1. The number of halogens is 1. The van der Waals surface area contributed by atoms with Gasteiger partial charge in [0.05, 0.1) is 28.2 Å². The molecule has 124 valence electrons. The van der Waals surface area contributed by atoms with Crippen molar-refractivity contribution in [2.24, 2.45) is 0 Å². The van der Waals surface area contributed by atoms with E-state index in [-0.39, 0.29) is 22.8 Å².